The van der Waals surface area contributed by atoms with Crippen LogP contribution in [0.4, 0.5) is 0 Å². The van der Waals surface area contributed by atoms with Crippen LogP contribution in [-0.4, -0.2) is 50.4 Å². The number of nitrogens with zero attached hydrogens (tertiary/aromatic N) is 1. The van der Waals surface area contributed by atoms with Crippen molar-refractivity contribution in [3.8, 4) is 5.75 Å². The number of nitrogens with two attached hydrogens (primary N) is 1. The second-order valence-electron chi connectivity index (χ2n) is 4.99. The van der Waals surface area contributed by atoms with E-state index in [4.69, 9.17) is 15.2 Å². The first-order chi connectivity index (χ1) is 9.72. The molecule has 1 aromatic carbocycles. The highest BCUT2D eigenvalue weighted by atomic mass is 79.9. The molecule has 112 valence electrons. The topological polar surface area (TPSA) is 47.7 Å². The molecule has 0 radical (unpaired) electrons. The minimum atomic E-state index is 0.151. The molecule has 5 heteroatoms. The van der Waals surface area contributed by atoms with Gasteiger partial charge < -0.3 is 15.2 Å². The summed E-state index contributed by atoms with van der Waals surface area (Å²) >= 11 is 3.48. The van der Waals surface area contributed by atoms with Gasteiger partial charge in [0.2, 0.25) is 0 Å². The maximum Gasteiger partial charge on any atom is 0.122 e. The summed E-state index contributed by atoms with van der Waals surface area (Å²) in [5.74, 6) is 0.913. The molecule has 2 rings (SSSR count). The van der Waals surface area contributed by atoms with Crippen molar-refractivity contribution in [2.24, 2.45) is 5.73 Å². The summed E-state index contributed by atoms with van der Waals surface area (Å²) < 4.78 is 12.8. The van der Waals surface area contributed by atoms with Crippen LogP contribution in [0.25, 0.3) is 0 Å². The van der Waals surface area contributed by atoms with Gasteiger partial charge in [-0.1, -0.05) is 22.9 Å². The molecule has 1 fully saturated rings. The largest absolute Gasteiger partial charge is 0.491 e. The first kappa shape index (κ1) is 15.8. The predicted molar refractivity (Wildman–Crippen MR) is 84.2 cm³/mol. The molecular formula is C15H23BrN2O2. The Balaban J connectivity index is 1.93. The summed E-state index contributed by atoms with van der Waals surface area (Å²) in [5, 5.41) is 0. The Hall–Kier alpha value is -0.620. The van der Waals surface area contributed by atoms with Crippen LogP contribution in [0.15, 0.2) is 22.7 Å². The third-order valence-corrected chi connectivity index (χ3v) is 4.02. The van der Waals surface area contributed by atoms with Gasteiger partial charge in [-0.3, -0.25) is 4.90 Å². The number of hydrogen-bond donors (Lipinski definition) is 1. The van der Waals surface area contributed by atoms with Crippen molar-refractivity contribution in [3.05, 3.63) is 28.2 Å². The molecule has 1 heterocycles. The molecule has 1 unspecified atom stereocenters. The van der Waals surface area contributed by atoms with E-state index in [2.05, 4.69) is 33.8 Å². The van der Waals surface area contributed by atoms with Gasteiger partial charge in [0, 0.05) is 17.6 Å². The average Bonchev–Trinajstić information content (AvgIpc) is 2.47. The Morgan fingerprint density at radius 2 is 2.35 bits per heavy atom. The van der Waals surface area contributed by atoms with Crippen LogP contribution in [-0.2, 0) is 11.2 Å². The highest BCUT2D eigenvalue weighted by Gasteiger charge is 2.20. The van der Waals surface area contributed by atoms with Gasteiger partial charge in [0.25, 0.3) is 0 Å². The van der Waals surface area contributed by atoms with Gasteiger partial charge in [-0.15, -0.1) is 0 Å². The van der Waals surface area contributed by atoms with Crippen molar-refractivity contribution in [1.82, 2.24) is 4.90 Å². The molecule has 0 spiro atoms. The Morgan fingerprint density at radius 1 is 1.50 bits per heavy atom. The number of halogens is 1. The zero-order chi connectivity index (χ0) is 14.4. The van der Waals surface area contributed by atoms with E-state index in [1.54, 1.807) is 0 Å². The van der Waals surface area contributed by atoms with E-state index >= 15 is 0 Å². The zero-order valence-corrected chi connectivity index (χ0v) is 13.6. The van der Waals surface area contributed by atoms with E-state index < -0.39 is 0 Å². The fourth-order valence-corrected chi connectivity index (χ4v) is 2.80. The number of hydrogen-bond acceptors (Lipinski definition) is 4. The number of rotatable bonds is 6. The molecule has 0 amide bonds. The van der Waals surface area contributed by atoms with Crippen LogP contribution < -0.4 is 10.5 Å². The van der Waals surface area contributed by atoms with Crippen LogP contribution in [0.2, 0.25) is 0 Å². The van der Waals surface area contributed by atoms with Crippen LogP contribution in [0.3, 0.4) is 0 Å². The lowest BCUT2D eigenvalue weighted by molar-refractivity contribution is -0.0465. The third-order valence-electron chi connectivity index (χ3n) is 3.53. The summed E-state index contributed by atoms with van der Waals surface area (Å²) in [6.45, 7) is 7.21. The molecule has 4 nitrogen and oxygen atoms in total. The second kappa shape index (κ2) is 7.98. The number of morpholine rings is 1. The van der Waals surface area contributed by atoms with Crippen LogP contribution in [0.5, 0.6) is 5.75 Å². The summed E-state index contributed by atoms with van der Waals surface area (Å²) in [6.07, 6.45) is 0.972. The van der Waals surface area contributed by atoms with E-state index in [-0.39, 0.29) is 6.10 Å². The van der Waals surface area contributed by atoms with Gasteiger partial charge in [0.05, 0.1) is 6.61 Å². The number of benzene rings is 1. The third kappa shape index (κ3) is 4.45. The number of ether oxygens (including phenoxy) is 2. The molecule has 2 N–H and O–H groups in total. The summed E-state index contributed by atoms with van der Waals surface area (Å²) in [5.41, 5.74) is 6.80. The van der Waals surface area contributed by atoms with Gasteiger partial charge in [-0.05, 0) is 43.3 Å². The minimum absolute atomic E-state index is 0.151. The van der Waals surface area contributed by atoms with Gasteiger partial charge >= 0.3 is 0 Å². The molecule has 20 heavy (non-hydrogen) atoms. The fraction of sp³-hybridized carbons (Fsp3) is 0.600. The maximum absolute atomic E-state index is 5.95. The van der Waals surface area contributed by atoms with Crippen molar-refractivity contribution < 1.29 is 9.47 Å². The monoisotopic (exact) mass is 342 g/mol. The molecule has 0 saturated carbocycles. The van der Waals surface area contributed by atoms with Gasteiger partial charge in [-0.25, -0.2) is 0 Å². The molecule has 0 aromatic heterocycles. The molecular weight excluding hydrogens is 320 g/mol. The molecule has 1 saturated heterocycles. The van der Waals surface area contributed by atoms with E-state index in [1.165, 1.54) is 0 Å². The van der Waals surface area contributed by atoms with Crippen LogP contribution in [0.1, 0.15) is 12.5 Å². The van der Waals surface area contributed by atoms with E-state index in [9.17, 15) is 0 Å². The summed E-state index contributed by atoms with van der Waals surface area (Å²) in [6, 6.07) is 6.06. The highest BCUT2D eigenvalue weighted by Crippen LogP contribution is 2.24. The van der Waals surface area contributed by atoms with Crippen molar-refractivity contribution in [3.63, 3.8) is 0 Å². The molecule has 1 aliphatic heterocycles. The van der Waals surface area contributed by atoms with Crippen molar-refractivity contribution >= 4 is 15.9 Å². The second-order valence-corrected chi connectivity index (χ2v) is 5.90. The maximum atomic E-state index is 5.95. The zero-order valence-electron chi connectivity index (χ0n) is 12.0. The molecule has 1 aliphatic rings. The minimum Gasteiger partial charge on any atom is -0.491 e. The Bertz CT molecular complexity index is 428. The molecule has 0 bridgehead atoms. The standard InChI is InChI=1S/C15H23BrN2O2/c1-2-18-7-8-19-14(10-18)11-20-15-4-3-13(16)9-12(15)5-6-17/h3-4,9,14H,2,5-8,10-11,17H2,1H3. The normalized spacial score (nSPS) is 20.1. The average molecular weight is 343 g/mol. The Kier molecular flexibility index (Phi) is 6.29. The van der Waals surface area contributed by atoms with Gasteiger partial charge in [0.1, 0.15) is 18.5 Å². The van der Waals surface area contributed by atoms with Crippen LogP contribution in [0, 0.1) is 0 Å². The highest BCUT2D eigenvalue weighted by molar-refractivity contribution is 9.10. The summed E-state index contributed by atoms with van der Waals surface area (Å²) in [7, 11) is 0. The van der Waals surface area contributed by atoms with Gasteiger partial charge in [0.15, 0.2) is 0 Å². The van der Waals surface area contributed by atoms with Gasteiger partial charge in [-0.2, -0.15) is 0 Å². The first-order valence-electron chi connectivity index (χ1n) is 7.18. The molecule has 1 aromatic rings. The lowest BCUT2D eigenvalue weighted by atomic mass is 10.1. The Morgan fingerprint density at radius 3 is 3.10 bits per heavy atom. The SMILES string of the molecule is CCN1CCOC(COc2ccc(Br)cc2CCN)C1. The quantitative estimate of drug-likeness (QED) is 0.859. The Labute approximate surface area is 129 Å². The fourth-order valence-electron chi connectivity index (χ4n) is 2.39. The first-order valence-corrected chi connectivity index (χ1v) is 7.97. The van der Waals surface area contributed by atoms with Crippen LogP contribution >= 0.6 is 15.9 Å². The van der Waals surface area contributed by atoms with Crippen molar-refractivity contribution in [1.29, 1.82) is 0 Å². The smallest absolute Gasteiger partial charge is 0.122 e. The molecule has 0 aliphatic carbocycles. The molecule has 1 atom stereocenters. The van der Waals surface area contributed by atoms with E-state index in [0.717, 1.165) is 48.4 Å². The lowest BCUT2D eigenvalue weighted by Crippen LogP contribution is -2.44. The summed E-state index contributed by atoms with van der Waals surface area (Å²) in [4.78, 5) is 2.39. The van der Waals surface area contributed by atoms with E-state index in [1.807, 2.05) is 12.1 Å². The predicted octanol–water partition coefficient (Wildman–Crippen LogP) is 2.05. The van der Waals surface area contributed by atoms with Crippen molar-refractivity contribution in [2.75, 3.05) is 39.4 Å². The van der Waals surface area contributed by atoms with E-state index in [0.29, 0.717) is 13.2 Å². The lowest BCUT2D eigenvalue weighted by Gasteiger charge is -2.32. The van der Waals surface area contributed by atoms with Crippen molar-refractivity contribution in [2.45, 2.75) is 19.4 Å². The number of likely N-dealkylation sites (N-methyl/N-ethyl adjacent to an activating group) is 1.